The van der Waals surface area contributed by atoms with E-state index in [0.29, 0.717) is 34.6 Å². The van der Waals surface area contributed by atoms with Gasteiger partial charge in [0.05, 0.1) is 0 Å². The number of fused-ring (bicyclic) bond motifs is 9. The summed E-state index contributed by atoms with van der Waals surface area (Å²) < 4.78 is 14.8. The van der Waals surface area contributed by atoms with Gasteiger partial charge in [-0.15, -0.1) is 11.3 Å². The molecule has 0 radical (unpaired) electrons. The molecule has 0 saturated carbocycles. The van der Waals surface area contributed by atoms with Gasteiger partial charge in [0.1, 0.15) is 28.0 Å². The minimum absolute atomic E-state index is 0.576. The van der Waals surface area contributed by atoms with Crippen LogP contribution < -0.4 is 0 Å². The van der Waals surface area contributed by atoms with E-state index in [0.717, 1.165) is 80.9 Å². The van der Waals surface area contributed by atoms with Crippen molar-refractivity contribution in [1.29, 1.82) is 0 Å². The highest BCUT2D eigenvalue weighted by molar-refractivity contribution is 7.26. The lowest BCUT2D eigenvalue weighted by atomic mass is 10.0. The molecular weight excluding hydrogens is 723 g/mol. The summed E-state index contributed by atoms with van der Waals surface area (Å²) in [6.07, 6.45) is 9.43. The molecular formula is C49H29N5O2S. The summed E-state index contributed by atoms with van der Waals surface area (Å²) in [5.74, 6) is 2.38. The minimum atomic E-state index is 0.576. The van der Waals surface area contributed by atoms with E-state index >= 15 is 0 Å². The van der Waals surface area contributed by atoms with Gasteiger partial charge in [0.25, 0.3) is 0 Å². The van der Waals surface area contributed by atoms with Gasteiger partial charge in [-0.05, 0) is 42.5 Å². The summed E-state index contributed by atoms with van der Waals surface area (Å²) >= 11 is 1.71. The molecule has 5 aromatic heterocycles. The number of nitrogens with zero attached hydrogens (tertiary/aromatic N) is 5. The molecule has 6 aromatic carbocycles. The predicted octanol–water partition coefficient (Wildman–Crippen LogP) is 13.3. The number of aromatic nitrogens is 5. The first kappa shape index (κ1) is 32.8. The second kappa shape index (κ2) is 13.3. The van der Waals surface area contributed by atoms with E-state index in [1.54, 1.807) is 17.4 Å². The van der Waals surface area contributed by atoms with Gasteiger partial charge >= 0.3 is 0 Å². The van der Waals surface area contributed by atoms with Crippen LogP contribution in [-0.2, 0) is 0 Å². The molecule has 11 aromatic rings. The van der Waals surface area contributed by atoms with Gasteiger partial charge in [-0.3, -0.25) is 0 Å². The van der Waals surface area contributed by atoms with E-state index in [-0.39, 0.29) is 0 Å². The van der Waals surface area contributed by atoms with Crippen molar-refractivity contribution in [3.63, 3.8) is 0 Å². The second-order valence-electron chi connectivity index (χ2n) is 13.6. The van der Waals surface area contributed by atoms with Crippen LogP contribution in [0.5, 0.6) is 0 Å². The molecule has 0 N–H and O–H groups in total. The van der Waals surface area contributed by atoms with Crippen LogP contribution in [0, 0.1) is 0 Å². The highest BCUT2D eigenvalue weighted by Crippen LogP contribution is 2.44. The summed E-state index contributed by atoms with van der Waals surface area (Å²) in [6.45, 7) is 3.79. The first-order valence-electron chi connectivity index (χ1n) is 18.5. The van der Waals surface area contributed by atoms with Crippen LogP contribution >= 0.6 is 11.3 Å². The molecule has 0 atom stereocenters. The average molecular weight is 752 g/mol. The zero-order valence-electron chi connectivity index (χ0n) is 30.3. The highest BCUT2D eigenvalue weighted by Gasteiger charge is 2.22. The topological polar surface area (TPSA) is 90.7 Å². The highest BCUT2D eigenvalue weighted by atomic mass is 32.1. The van der Waals surface area contributed by atoms with Gasteiger partial charge in [0.2, 0.25) is 0 Å². The zero-order valence-corrected chi connectivity index (χ0v) is 31.1. The van der Waals surface area contributed by atoms with Crippen molar-refractivity contribution >= 4 is 81.6 Å². The number of furan rings is 2. The third-order valence-corrected chi connectivity index (χ3v) is 11.4. The SMILES string of the molecule is C=C/C=C\C=C\c1nc(-c2cccc3sc4c(-c5nc(-c6ccccc6)nc(-c6cccc7oc8ccccc8c67)n5)cccc4c23)nc2c1oc1ccccc12. The molecule has 11 rings (SSSR count). The molecule has 0 aliphatic heterocycles. The standard InChI is InChI=1S/C49H29N5O2S/c1-2-3-4-8-24-36-44-43(31-19-10-12-26-38(31)56-44)51-47(50-36)34-22-15-28-40-42(34)32-20-13-23-35(45(32)57-40)49-53-46(29-16-6-5-7-17-29)52-48(54-49)33-21-14-27-39-41(33)30-18-9-11-25-37(30)55-39/h2-28H,1H2/b4-3-,24-8+. The number of rotatable bonds is 7. The van der Waals surface area contributed by atoms with E-state index in [1.807, 2.05) is 109 Å². The third kappa shape index (κ3) is 5.45. The third-order valence-electron chi connectivity index (χ3n) is 10.2. The smallest absolute Gasteiger partial charge is 0.179 e. The Kier molecular flexibility index (Phi) is 7.68. The Morgan fingerprint density at radius 2 is 1.11 bits per heavy atom. The van der Waals surface area contributed by atoms with Crippen molar-refractivity contribution < 1.29 is 8.83 Å². The van der Waals surface area contributed by atoms with Crippen LogP contribution in [0.3, 0.4) is 0 Å². The van der Waals surface area contributed by atoms with E-state index in [2.05, 4.69) is 55.1 Å². The van der Waals surface area contributed by atoms with E-state index in [1.165, 1.54) is 0 Å². The molecule has 268 valence electrons. The molecule has 0 aliphatic rings. The molecule has 5 heterocycles. The van der Waals surface area contributed by atoms with Crippen LogP contribution in [0.4, 0.5) is 0 Å². The normalized spacial score (nSPS) is 12.1. The quantitative estimate of drug-likeness (QED) is 0.150. The predicted molar refractivity (Wildman–Crippen MR) is 233 cm³/mol. The van der Waals surface area contributed by atoms with E-state index in [4.69, 9.17) is 33.8 Å². The maximum Gasteiger partial charge on any atom is 0.179 e. The van der Waals surface area contributed by atoms with Gasteiger partial charge in [0, 0.05) is 58.6 Å². The average Bonchev–Trinajstić information content (AvgIpc) is 3.97. The van der Waals surface area contributed by atoms with Gasteiger partial charge in [-0.25, -0.2) is 24.9 Å². The van der Waals surface area contributed by atoms with Crippen molar-refractivity contribution in [2.45, 2.75) is 0 Å². The Morgan fingerprint density at radius 1 is 0.474 bits per heavy atom. The van der Waals surface area contributed by atoms with Crippen LogP contribution in [0.15, 0.2) is 173 Å². The summed E-state index contributed by atoms with van der Waals surface area (Å²) in [5.41, 5.74) is 8.12. The summed E-state index contributed by atoms with van der Waals surface area (Å²) in [6, 6.07) is 44.8. The minimum Gasteiger partial charge on any atom is -0.456 e. The van der Waals surface area contributed by atoms with Gasteiger partial charge in [-0.2, -0.15) is 0 Å². The molecule has 0 spiro atoms. The summed E-state index contributed by atoms with van der Waals surface area (Å²) in [7, 11) is 0. The molecule has 0 amide bonds. The molecule has 0 unspecified atom stereocenters. The monoisotopic (exact) mass is 751 g/mol. The van der Waals surface area contributed by atoms with Gasteiger partial charge in [-0.1, -0.05) is 128 Å². The molecule has 57 heavy (non-hydrogen) atoms. The summed E-state index contributed by atoms with van der Waals surface area (Å²) in [4.78, 5) is 25.8. The number of para-hydroxylation sites is 2. The lowest BCUT2D eigenvalue weighted by Crippen LogP contribution is -2.00. The zero-order chi connectivity index (χ0) is 37.9. The fourth-order valence-corrected chi connectivity index (χ4v) is 8.88. The van der Waals surface area contributed by atoms with Crippen molar-refractivity contribution in [3.05, 3.63) is 170 Å². The molecule has 0 fully saturated rings. The Labute approximate surface area is 329 Å². The fraction of sp³-hybridized carbons (Fsp3) is 0. The van der Waals surface area contributed by atoms with Gasteiger partial charge < -0.3 is 8.83 Å². The van der Waals surface area contributed by atoms with Crippen LogP contribution in [0.25, 0.3) is 116 Å². The summed E-state index contributed by atoms with van der Waals surface area (Å²) in [5, 5.41) is 5.07. The lowest BCUT2D eigenvalue weighted by Gasteiger charge is -2.10. The van der Waals surface area contributed by atoms with Crippen molar-refractivity contribution in [2.24, 2.45) is 0 Å². The van der Waals surface area contributed by atoms with Crippen molar-refractivity contribution in [2.75, 3.05) is 0 Å². The largest absolute Gasteiger partial charge is 0.456 e. The van der Waals surface area contributed by atoms with E-state index in [9.17, 15) is 0 Å². The maximum atomic E-state index is 6.32. The van der Waals surface area contributed by atoms with E-state index < -0.39 is 0 Å². The van der Waals surface area contributed by atoms with Crippen molar-refractivity contribution in [1.82, 2.24) is 24.9 Å². The second-order valence-corrected chi connectivity index (χ2v) is 14.7. The first-order valence-corrected chi connectivity index (χ1v) is 19.4. The Hall–Kier alpha value is -7.55. The Morgan fingerprint density at radius 3 is 1.95 bits per heavy atom. The molecule has 0 aliphatic carbocycles. The van der Waals surface area contributed by atoms with Gasteiger partial charge in [0.15, 0.2) is 28.9 Å². The fourth-order valence-electron chi connectivity index (χ4n) is 7.64. The van der Waals surface area contributed by atoms with Crippen LogP contribution in [0.1, 0.15) is 5.69 Å². The molecule has 0 saturated heterocycles. The number of allylic oxidation sites excluding steroid dienone is 4. The first-order chi connectivity index (χ1) is 28.2. The maximum absolute atomic E-state index is 6.32. The molecule has 0 bridgehead atoms. The number of hydrogen-bond donors (Lipinski definition) is 0. The lowest BCUT2D eigenvalue weighted by molar-refractivity contribution is 0.664. The Bertz CT molecular complexity index is 3450. The molecule has 7 nitrogen and oxygen atoms in total. The van der Waals surface area contributed by atoms with Crippen LogP contribution in [-0.4, -0.2) is 24.9 Å². The van der Waals surface area contributed by atoms with Crippen molar-refractivity contribution in [3.8, 4) is 45.6 Å². The number of hydrogen-bond acceptors (Lipinski definition) is 8. The van der Waals surface area contributed by atoms with Crippen LogP contribution in [0.2, 0.25) is 0 Å². The Balaban J connectivity index is 1.14. The number of thiophene rings is 1. The molecule has 8 heteroatoms. The number of benzene rings is 6.